The summed E-state index contributed by atoms with van der Waals surface area (Å²) in [6.07, 6.45) is 0. The lowest BCUT2D eigenvalue weighted by Gasteiger charge is -2.16. The van der Waals surface area contributed by atoms with Crippen LogP contribution in [-0.2, 0) is 0 Å². The molecule has 0 aliphatic carbocycles. The van der Waals surface area contributed by atoms with Crippen molar-refractivity contribution in [1.82, 2.24) is 0 Å². The van der Waals surface area contributed by atoms with Gasteiger partial charge in [0.15, 0.2) is 5.78 Å². The predicted molar refractivity (Wildman–Crippen MR) is 56.9 cm³/mol. The highest BCUT2D eigenvalue weighted by molar-refractivity contribution is 5.99. The topological polar surface area (TPSA) is 60.2 Å². The SMILES string of the molecule is CC(C)(C)C(=O)c1ccc([N+](=O)[O-])cc1. The van der Waals surface area contributed by atoms with E-state index in [1.165, 1.54) is 24.3 Å². The standard InChI is InChI=1S/C11H13NO3/c1-11(2,3)10(13)8-4-6-9(7-5-8)12(14)15/h4-7H,1-3H3. The monoisotopic (exact) mass is 207 g/mol. The van der Waals surface area contributed by atoms with Crippen molar-refractivity contribution in [2.45, 2.75) is 20.8 Å². The van der Waals surface area contributed by atoms with Crippen LogP contribution in [0.15, 0.2) is 24.3 Å². The van der Waals surface area contributed by atoms with Gasteiger partial charge in [-0.1, -0.05) is 20.8 Å². The number of nitro benzene ring substituents is 1. The van der Waals surface area contributed by atoms with E-state index < -0.39 is 10.3 Å². The Morgan fingerprint density at radius 1 is 1.20 bits per heavy atom. The summed E-state index contributed by atoms with van der Waals surface area (Å²) in [4.78, 5) is 21.7. The summed E-state index contributed by atoms with van der Waals surface area (Å²) in [5.74, 6) is -0.0163. The first-order chi connectivity index (χ1) is 6.82. The van der Waals surface area contributed by atoms with E-state index in [0.717, 1.165) is 0 Å². The van der Waals surface area contributed by atoms with E-state index in [0.29, 0.717) is 5.56 Å². The first kappa shape index (κ1) is 11.4. The molecule has 0 amide bonds. The highest BCUT2D eigenvalue weighted by atomic mass is 16.6. The van der Waals surface area contributed by atoms with Gasteiger partial charge >= 0.3 is 0 Å². The van der Waals surface area contributed by atoms with Crippen molar-refractivity contribution < 1.29 is 9.72 Å². The molecule has 0 bridgehead atoms. The molecule has 0 fully saturated rings. The molecule has 15 heavy (non-hydrogen) atoms. The third kappa shape index (κ3) is 2.62. The number of nitro groups is 1. The van der Waals surface area contributed by atoms with Gasteiger partial charge < -0.3 is 0 Å². The Morgan fingerprint density at radius 2 is 1.67 bits per heavy atom. The summed E-state index contributed by atoms with van der Waals surface area (Å²) < 4.78 is 0. The van der Waals surface area contributed by atoms with E-state index in [4.69, 9.17) is 0 Å². The Kier molecular flexibility index (Phi) is 2.88. The second kappa shape index (κ2) is 3.81. The second-order valence-corrected chi connectivity index (χ2v) is 4.38. The van der Waals surface area contributed by atoms with E-state index in [2.05, 4.69) is 0 Å². The normalized spacial score (nSPS) is 11.1. The second-order valence-electron chi connectivity index (χ2n) is 4.38. The van der Waals surface area contributed by atoms with E-state index in [-0.39, 0.29) is 11.5 Å². The van der Waals surface area contributed by atoms with Crippen molar-refractivity contribution in [2.24, 2.45) is 5.41 Å². The average Bonchev–Trinajstić information content (AvgIpc) is 2.15. The smallest absolute Gasteiger partial charge is 0.269 e. The minimum atomic E-state index is -0.481. The molecule has 0 aliphatic heterocycles. The maximum atomic E-state index is 11.8. The average molecular weight is 207 g/mol. The fourth-order valence-corrected chi connectivity index (χ4v) is 1.17. The molecule has 0 saturated heterocycles. The molecule has 0 spiro atoms. The third-order valence-electron chi connectivity index (χ3n) is 2.02. The van der Waals surface area contributed by atoms with Gasteiger partial charge in [-0.2, -0.15) is 0 Å². The van der Waals surface area contributed by atoms with E-state index in [1.807, 2.05) is 20.8 Å². The summed E-state index contributed by atoms with van der Waals surface area (Å²) in [5.41, 5.74) is 0.0458. The van der Waals surface area contributed by atoms with E-state index >= 15 is 0 Å². The van der Waals surface area contributed by atoms with Crippen molar-refractivity contribution in [3.05, 3.63) is 39.9 Å². The lowest BCUT2D eigenvalue weighted by Crippen LogP contribution is -2.19. The number of benzene rings is 1. The van der Waals surface area contributed by atoms with Gasteiger partial charge in [-0.15, -0.1) is 0 Å². The van der Waals surface area contributed by atoms with Crippen LogP contribution in [0.5, 0.6) is 0 Å². The molecular weight excluding hydrogens is 194 g/mol. The molecular formula is C11H13NO3. The van der Waals surface area contributed by atoms with Crippen LogP contribution in [0.3, 0.4) is 0 Å². The van der Waals surface area contributed by atoms with Gasteiger partial charge in [-0.05, 0) is 12.1 Å². The zero-order valence-corrected chi connectivity index (χ0v) is 8.98. The Bertz CT molecular complexity index is 387. The number of carbonyl (C=O) groups is 1. The quantitative estimate of drug-likeness (QED) is 0.425. The van der Waals surface area contributed by atoms with E-state index in [9.17, 15) is 14.9 Å². The number of hydrogen-bond donors (Lipinski definition) is 0. The molecule has 0 heterocycles. The van der Waals surface area contributed by atoms with Crippen LogP contribution in [0, 0.1) is 15.5 Å². The molecule has 0 atom stereocenters. The molecule has 1 rings (SSSR count). The van der Waals surface area contributed by atoms with Gasteiger partial charge in [0.05, 0.1) is 4.92 Å². The molecule has 0 saturated carbocycles. The van der Waals surface area contributed by atoms with Crippen LogP contribution < -0.4 is 0 Å². The Morgan fingerprint density at radius 3 is 2.00 bits per heavy atom. The van der Waals surface area contributed by atoms with Gasteiger partial charge in [0, 0.05) is 23.1 Å². The Labute approximate surface area is 88.1 Å². The van der Waals surface area contributed by atoms with Crippen LogP contribution in [0.4, 0.5) is 5.69 Å². The molecule has 0 unspecified atom stereocenters. The molecule has 0 aliphatic rings. The largest absolute Gasteiger partial charge is 0.294 e. The number of Topliss-reactive ketones (excluding diaryl/α,β-unsaturated/α-hetero) is 1. The first-order valence-electron chi connectivity index (χ1n) is 4.61. The van der Waals surface area contributed by atoms with Crippen LogP contribution in [-0.4, -0.2) is 10.7 Å². The third-order valence-corrected chi connectivity index (χ3v) is 2.02. The highest BCUT2D eigenvalue weighted by Crippen LogP contribution is 2.22. The maximum absolute atomic E-state index is 11.8. The lowest BCUT2D eigenvalue weighted by molar-refractivity contribution is -0.384. The number of carbonyl (C=O) groups excluding carboxylic acids is 1. The van der Waals surface area contributed by atoms with Crippen LogP contribution in [0.2, 0.25) is 0 Å². The fraction of sp³-hybridized carbons (Fsp3) is 0.364. The van der Waals surface area contributed by atoms with Crippen LogP contribution in [0.1, 0.15) is 31.1 Å². The summed E-state index contributed by atoms with van der Waals surface area (Å²) >= 11 is 0. The summed E-state index contributed by atoms with van der Waals surface area (Å²) in [5, 5.41) is 10.4. The van der Waals surface area contributed by atoms with Crippen molar-refractivity contribution in [1.29, 1.82) is 0 Å². The number of nitrogens with zero attached hydrogens (tertiary/aromatic N) is 1. The first-order valence-corrected chi connectivity index (χ1v) is 4.61. The number of hydrogen-bond acceptors (Lipinski definition) is 3. The van der Waals surface area contributed by atoms with Gasteiger partial charge in [0.2, 0.25) is 0 Å². The fourth-order valence-electron chi connectivity index (χ4n) is 1.17. The molecule has 80 valence electrons. The predicted octanol–water partition coefficient (Wildman–Crippen LogP) is 2.82. The minimum absolute atomic E-state index is 0.000425. The molecule has 1 aromatic rings. The molecule has 4 heteroatoms. The van der Waals surface area contributed by atoms with E-state index in [1.54, 1.807) is 0 Å². The van der Waals surface area contributed by atoms with Crippen molar-refractivity contribution in [2.75, 3.05) is 0 Å². The highest BCUT2D eigenvalue weighted by Gasteiger charge is 2.23. The van der Waals surface area contributed by atoms with Gasteiger partial charge in [0.1, 0.15) is 0 Å². The molecule has 0 aromatic heterocycles. The number of non-ortho nitro benzene ring substituents is 1. The van der Waals surface area contributed by atoms with Crippen molar-refractivity contribution in [3.8, 4) is 0 Å². The number of rotatable bonds is 2. The number of ketones is 1. The van der Waals surface area contributed by atoms with Crippen LogP contribution >= 0.6 is 0 Å². The molecule has 1 aromatic carbocycles. The molecule has 4 nitrogen and oxygen atoms in total. The van der Waals surface area contributed by atoms with Gasteiger partial charge in [-0.3, -0.25) is 14.9 Å². The lowest BCUT2D eigenvalue weighted by atomic mass is 9.86. The Balaban J connectivity index is 3.00. The Hall–Kier alpha value is -1.71. The molecule has 0 N–H and O–H groups in total. The zero-order chi connectivity index (χ0) is 11.6. The van der Waals surface area contributed by atoms with Crippen molar-refractivity contribution >= 4 is 11.5 Å². The van der Waals surface area contributed by atoms with Gasteiger partial charge in [-0.25, -0.2) is 0 Å². The summed E-state index contributed by atoms with van der Waals surface area (Å²) in [6.45, 7) is 5.45. The zero-order valence-electron chi connectivity index (χ0n) is 8.98. The van der Waals surface area contributed by atoms with Crippen molar-refractivity contribution in [3.63, 3.8) is 0 Å². The molecule has 0 radical (unpaired) electrons. The minimum Gasteiger partial charge on any atom is -0.294 e. The summed E-state index contributed by atoms with van der Waals surface area (Å²) in [7, 11) is 0. The van der Waals surface area contributed by atoms with Crippen LogP contribution in [0.25, 0.3) is 0 Å². The van der Waals surface area contributed by atoms with Gasteiger partial charge in [0.25, 0.3) is 5.69 Å². The summed E-state index contributed by atoms with van der Waals surface area (Å²) in [6, 6.07) is 5.68. The maximum Gasteiger partial charge on any atom is 0.269 e.